The number of nitrogens with zero attached hydrogens (tertiary/aromatic N) is 4. The number of benzene rings is 1. The van der Waals surface area contributed by atoms with Crippen LogP contribution in [0.25, 0.3) is 11.4 Å². The van der Waals surface area contributed by atoms with Crippen molar-refractivity contribution in [2.75, 3.05) is 0 Å². The number of aryl methyl sites for hydroxylation is 1. The van der Waals surface area contributed by atoms with Gasteiger partial charge >= 0.3 is 0 Å². The minimum absolute atomic E-state index is 0.0411. The fourth-order valence-electron chi connectivity index (χ4n) is 2.89. The molecule has 6 heteroatoms. The van der Waals surface area contributed by atoms with Crippen LogP contribution in [0.15, 0.2) is 24.3 Å². The van der Waals surface area contributed by atoms with Gasteiger partial charge in [-0.3, -0.25) is 4.79 Å². The van der Waals surface area contributed by atoms with Gasteiger partial charge in [-0.15, -0.1) is 10.2 Å². The monoisotopic (exact) mass is 299 g/mol. The molecule has 1 saturated carbocycles. The van der Waals surface area contributed by atoms with Crippen molar-refractivity contribution >= 4 is 5.91 Å². The van der Waals surface area contributed by atoms with E-state index in [1.54, 1.807) is 0 Å². The van der Waals surface area contributed by atoms with Crippen LogP contribution in [0, 0.1) is 6.92 Å². The Labute approximate surface area is 129 Å². The lowest BCUT2D eigenvalue weighted by Gasteiger charge is -2.22. The van der Waals surface area contributed by atoms with E-state index in [0.29, 0.717) is 11.9 Å². The largest absolute Gasteiger partial charge is 0.352 e. The van der Waals surface area contributed by atoms with Crippen LogP contribution in [0.3, 0.4) is 0 Å². The second-order valence-electron chi connectivity index (χ2n) is 5.86. The number of nitrogens with one attached hydrogen (secondary N) is 1. The third kappa shape index (κ3) is 3.50. The van der Waals surface area contributed by atoms with Gasteiger partial charge in [-0.2, -0.15) is 4.80 Å². The molecule has 0 saturated heterocycles. The molecule has 3 rings (SSSR count). The number of tetrazole rings is 1. The quantitative estimate of drug-likeness (QED) is 0.938. The van der Waals surface area contributed by atoms with Crippen LogP contribution >= 0.6 is 0 Å². The highest BCUT2D eigenvalue weighted by Gasteiger charge is 2.17. The minimum atomic E-state index is -0.0411. The van der Waals surface area contributed by atoms with Crippen LogP contribution in [0.4, 0.5) is 0 Å². The Bertz CT molecular complexity index is 645. The van der Waals surface area contributed by atoms with Crippen molar-refractivity contribution in [3.63, 3.8) is 0 Å². The number of rotatable bonds is 4. The van der Waals surface area contributed by atoms with E-state index >= 15 is 0 Å². The average Bonchev–Trinajstić information content (AvgIpc) is 2.97. The van der Waals surface area contributed by atoms with E-state index in [1.165, 1.54) is 24.1 Å². The molecule has 22 heavy (non-hydrogen) atoms. The second-order valence-corrected chi connectivity index (χ2v) is 5.86. The van der Waals surface area contributed by atoms with E-state index in [-0.39, 0.29) is 12.5 Å². The van der Waals surface area contributed by atoms with Gasteiger partial charge in [0.15, 0.2) is 0 Å². The average molecular weight is 299 g/mol. The van der Waals surface area contributed by atoms with Gasteiger partial charge in [-0.25, -0.2) is 0 Å². The highest BCUT2D eigenvalue weighted by Crippen LogP contribution is 2.18. The Hall–Kier alpha value is -2.24. The molecule has 0 spiro atoms. The van der Waals surface area contributed by atoms with Gasteiger partial charge in [0.1, 0.15) is 6.54 Å². The van der Waals surface area contributed by atoms with Gasteiger partial charge < -0.3 is 5.32 Å². The zero-order chi connectivity index (χ0) is 15.4. The Morgan fingerprint density at radius 2 is 2.05 bits per heavy atom. The van der Waals surface area contributed by atoms with E-state index in [9.17, 15) is 4.79 Å². The number of amides is 1. The van der Waals surface area contributed by atoms with E-state index in [1.807, 2.05) is 31.2 Å². The van der Waals surface area contributed by atoms with Crippen LogP contribution in [0.1, 0.15) is 37.7 Å². The van der Waals surface area contributed by atoms with Crippen LogP contribution in [-0.2, 0) is 11.3 Å². The summed E-state index contributed by atoms with van der Waals surface area (Å²) in [7, 11) is 0. The Kier molecular flexibility index (Phi) is 4.46. The van der Waals surface area contributed by atoms with Crippen LogP contribution in [0.5, 0.6) is 0 Å². The first kappa shape index (κ1) is 14.7. The SMILES string of the molecule is Cc1ccccc1-c1nnn(CC(=O)NC2CCCCC2)n1. The first-order chi connectivity index (χ1) is 10.7. The van der Waals surface area contributed by atoms with Crippen molar-refractivity contribution in [2.24, 2.45) is 0 Å². The topological polar surface area (TPSA) is 72.7 Å². The molecule has 1 aromatic carbocycles. The van der Waals surface area contributed by atoms with E-state index in [2.05, 4.69) is 20.7 Å². The third-order valence-corrected chi connectivity index (χ3v) is 4.09. The van der Waals surface area contributed by atoms with Gasteiger partial charge in [-0.05, 0) is 30.5 Å². The fourth-order valence-corrected chi connectivity index (χ4v) is 2.89. The minimum Gasteiger partial charge on any atom is -0.352 e. The van der Waals surface area contributed by atoms with Gasteiger partial charge in [0, 0.05) is 11.6 Å². The maximum Gasteiger partial charge on any atom is 0.243 e. The second kappa shape index (κ2) is 6.68. The smallest absolute Gasteiger partial charge is 0.243 e. The molecule has 0 aliphatic heterocycles. The first-order valence-electron chi connectivity index (χ1n) is 7.85. The molecule has 1 N–H and O–H groups in total. The molecule has 1 amide bonds. The highest BCUT2D eigenvalue weighted by atomic mass is 16.2. The predicted octanol–water partition coefficient (Wildman–Crippen LogP) is 2.10. The van der Waals surface area contributed by atoms with E-state index in [0.717, 1.165) is 24.0 Å². The first-order valence-corrected chi connectivity index (χ1v) is 7.85. The number of carbonyl (C=O) groups excluding carboxylic acids is 1. The molecule has 1 aliphatic rings. The number of hydrogen-bond acceptors (Lipinski definition) is 4. The molecular formula is C16H21N5O. The molecule has 0 atom stereocenters. The number of hydrogen-bond donors (Lipinski definition) is 1. The summed E-state index contributed by atoms with van der Waals surface area (Å²) in [4.78, 5) is 13.4. The van der Waals surface area contributed by atoms with E-state index < -0.39 is 0 Å². The molecule has 116 valence electrons. The summed E-state index contributed by atoms with van der Waals surface area (Å²) in [5, 5.41) is 15.4. The van der Waals surface area contributed by atoms with Gasteiger partial charge in [0.25, 0.3) is 0 Å². The molecule has 0 radical (unpaired) electrons. The Morgan fingerprint density at radius 1 is 1.27 bits per heavy atom. The fraction of sp³-hybridized carbons (Fsp3) is 0.500. The van der Waals surface area contributed by atoms with Crippen molar-refractivity contribution < 1.29 is 4.79 Å². The molecule has 0 unspecified atom stereocenters. The van der Waals surface area contributed by atoms with Crippen LogP contribution < -0.4 is 5.32 Å². The molecular weight excluding hydrogens is 278 g/mol. The van der Waals surface area contributed by atoms with Crippen molar-refractivity contribution in [3.8, 4) is 11.4 Å². The number of carbonyl (C=O) groups is 1. The van der Waals surface area contributed by atoms with Crippen molar-refractivity contribution in [1.82, 2.24) is 25.5 Å². The van der Waals surface area contributed by atoms with Gasteiger partial charge in [0.2, 0.25) is 11.7 Å². The lowest BCUT2D eigenvalue weighted by atomic mass is 9.95. The third-order valence-electron chi connectivity index (χ3n) is 4.09. The maximum absolute atomic E-state index is 12.1. The Morgan fingerprint density at radius 3 is 2.82 bits per heavy atom. The maximum atomic E-state index is 12.1. The molecule has 1 heterocycles. The van der Waals surface area contributed by atoms with Crippen molar-refractivity contribution in [1.29, 1.82) is 0 Å². The van der Waals surface area contributed by atoms with Gasteiger partial charge in [0.05, 0.1) is 0 Å². The summed E-state index contributed by atoms with van der Waals surface area (Å²) in [5.41, 5.74) is 2.04. The highest BCUT2D eigenvalue weighted by molar-refractivity contribution is 5.75. The molecule has 1 aromatic heterocycles. The van der Waals surface area contributed by atoms with E-state index in [4.69, 9.17) is 0 Å². The van der Waals surface area contributed by atoms with Crippen molar-refractivity contribution in [3.05, 3.63) is 29.8 Å². The predicted molar refractivity (Wildman–Crippen MR) is 83.0 cm³/mol. The lowest BCUT2D eigenvalue weighted by Crippen LogP contribution is -2.38. The molecule has 2 aromatic rings. The zero-order valence-corrected chi connectivity index (χ0v) is 12.8. The lowest BCUT2D eigenvalue weighted by molar-refractivity contribution is -0.123. The van der Waals surface area contributed by atoms with Crippen LogP contribution in [-0.4, -0.2) is 32.2 Å². The number of aromatic nitrogens is 4. The summed E-state index contributed by atoms with van der Waals surface area (Å²) in [6.45, 7) is 2.13. The summed E-state index contributed by atoms with van der Waals surface area (Å²) < 4.78 is 0. The summed E-state index contributed by atoms with van der Waals surface area (Å²) in [6.07, 6.45) is 5.82. The molecule has 6 nitrogen and oxygen atoms in total. The Balaban J connectivity index is 1.62. The summed E-state index contributed by atoms with van der Waals surface area (Å²) in [6, 6.07) is 8.19. The van der Waals surface area contributed by atoms with Crippen molar-refractivity contribution in [2.45, 2.75) is 51.6 Å². The molecule has 1 fully saturated rings. The standard InChI is InChI=1S/C16H21N5O/c1-12-7-5-6-10-14(12)16-18-20-21(19-16)11-15(22)17-13-8-3-2-4-9-13/h5-7,10,13H,2-4,8-9,11H2,1H3,(H,17,22). The van der Waals surface area contributed by atoms with Crippen LogP contribution in [0.2, 0.25) is 0 Å². The summed E-state index contributed by atoms with van der Waals surface area (Å²) >= 11 is 0. The molecule has 1 aliphatic carbocycles. The summed E-state index contributed by atoms with van der Waals surface area (Å²) in [5.74, 6) is 0.518. The zero-order valence-electron chi connectivity index (χ0n) is 12.8. The van der Waals surface area contributed by atoms with Gasteiger partial charge in [-0.1, -0.05) is 43.5 Å². The normalized spacial score (nSPS) is 15.7. The molecule has 0 bridgehead atoms.